The number of aromatic nitrogens is 2. The van der Waals surface area contributed by atoms with Gasteiger partial charge >= 0.3 is 0 Å². The Balaban J connectivity index is 2.27. The van der Waals surface area contributed by atoms with Gasteiger partial charge < -0.3 is 0 Å². The van der Waals surface area contributed by atoms with E-state index in [-0.39, 0.29) is 0 Å². The molecule has 0 spiro atoms. The average Bonchev–Trinajstić information content (AvgIpc) is 3.21. The molecule has 2 nitrogen and oxygen atoms in total. The van der Waals surface area contributed by atoms with Crippen LogP contribution in [0.3, 0.4) is 0 Å². The smallest absolute Gasteiger partial charge is 0.234 e. The molecule has 2 heteroatoms. The molecule has 1 rings (SSSR count). The molecule has 0 aromatic carbocycles. The third-order valence-corrected chi connectivity index (χ3v) is 7.35. The summed E-state index contributed by atoms with van der Waals surface area (Å²) in [5.41, 5.74) is 0. The molecule has 33 heavy (non-hydrogen) atoms. The molecule has 1 aromatic rings. The van der Waals surface area contributed by atoms with Gasteiger partial charge in [-0.1, -0.05) is 130 Å². The topological polar surface area (TPSA) is 8.81 Å². The molecule has 0 saturated heterocycles. The molecule has 0 amide bonds. The molecule has 0 atom stereocenters. The quantitative estimate of drug-likeness (QED) is 0.101. The normalized spacial score (nSPS) is 11.5. The fraction of sp³-hybridized carbons (Fsp3) is 0.903. The fourth-order valence-corrected chi connectivity index (χ4v) is 5.09. The summed E-state index contributed by atoms with van der Waals surface area (Å²) in [6, 6.07) is 0. The SMILES string of the molecule is CCCCCCCCCCCCn1cc[n+](CCCCC)c1CCCCCCCCCCC. The summed E-state index contributed by atoms with van der Waals surface area (Å²) in [5, 5.41) is 0. The van der Waals surface area contributed by atoms with Crippen molar-refractivity contribution in [3.05, 3.63) is 18.2 Å². The Hall–Kier alpha value is -0.790. The lowest BCUT2D eigenvalue weighted by molar-refractivity contribution is -0.704. The minimum Gasteiger partial charge on any atom is -0.234 e. The number of unbranched alkanes of at least 4 members (excludes halogenated alkanes) is 19. The highest BCUT2D eigenvalue weighted by molar-refractivity contribution is 4.84. The largest absolute Gasteiger partial charge is 0.256 e. The number of hydrogen-bond donors (Lipinski definition) is 0. The van der Waals surface area contributed by atoms with Crippen LogP contribution in [0.2, 0.25) is 0 Å². The first-order chi connectivity index (χ1) is 16.3. The van der Waals surface area contributed by atoms with Gasteiger partial charge in [-0.3, -0.25) is 0 Å². The number of imidazole rings is 1. The van der Waals surface area contributed by atoms with E-state index in [1.54, 1.807) is 5.82 Å². The van der Waals surface area contributed by atoms with Crippen molar-refractivity contribution in [1.29, 1.82) is 0 Å². The van der Waals surface area contributed by atoms with Crippen molar-refractivity contribution in [3.8, 4) is 0 Å². The highest BCUT2D eigenvalue weighted by Crippen LogP contribution is 2.14. The Morgan fingerprint density at radius 3 is 1.45 bits per heavy atom. The molecule has 0 bridgehead atoms. The lowest BCUT2D eigenvalue weighted by Crippen LogP contribution is -2.37. The second-order valence-electron chi connectivity index (χ2n) is 10.6. The van der Waals surface area contributed by atoms with Gasteiger partial charge in [0.15, 0.2) is 0 Å². The summed E-state index contributed by atoms with van der Waals surface area (Å²) >= 11 is 0. The monoisotopic (exact) mass is 461 g/mol. The van der Waals surface area contributed by atoms with Crippen LogP contribution in [-0.4, -0.2) is 4.57 Å². The van der Waals surface area contributed by atoms with Gasteiger partial charge in [0, 0.05) is 6.42 Å². The van der Waals surface area contributed by atoms with Gasteiger partial charge in [0.1, 0.15) is 12.4 Å². The minimum absolute atomic E-state index is 1.21. The Bertz CT molecular complexity index is 519. The van der Waals surface area contributed by atoms with E-state index in [1.165, 1.54) is 161 Å². The predicted octanol–water partition coefficient (Wildman–Crippen LogP) is 9.96. The van der Waals surface area contributed by atoms with Crippen LogP contribution in [0.15, 0.2) is 12.4 Å². The summed E-state index contributed by atoms with van der Waals surface area (Å²) in [6.07, 6.45) is 37.0. The molecule has 0 saturated carbocycles. The van der Waals surface area contributed by atoms with E-state index in [4.69, 9.17) is 0 Å². The summed E-state index contributed by atoms with van der Waals surface area (Å²) in [6.45, 7) is 9.36. The predicted molar refractivity (Wildman–Crippen MR) is 147 cm³/mol. The lowest BCUT2D eigenvalue weighted by Gasteiger charge is -2.07. The van der Waals surface area contributed by atoms with Crippen molar-refractivity contribution >= 4 is 0 Å². The van der Waals surface area contributed by atoms with Crippen LogP contribution in [0, 0.1) is 0 Å². The second-order valence-corrected chi connectivity index (χ2v) is 10.6. The van der Waals surface area contributed by atoms with Crippen molar-refractivity contribution in [2.45, 2.75) is 182 Å². The Kier molecular flexibility index (Phi) is 21.1. The van der Waals surface area contributed by atoms with Crippen LogP contribution in [0.5, 0.6) is 0 Å². The summed E-state index contributed by atoms with van der Waals surface area (Å²) in [4.78, 5) is 0. The van der Waals surface area contributed by atoms with Crippen molar-refractivity contribution in [2.24, 2.45) is 0 Å². The molecular weight excluding hydrogens is 400 g/mol. The number of hydrogen-bond acceptors (Lipinski definition) is 0. The highest BCUT2D eigenvalue weighted by atomic mass is 15.1. The Morgan fingerprint density at radius 2 is 0.939 bits per heavy atom. The Labute approximate surface area is 208 Å². The van der Waals surface area contributed by atoms with Crippen molar-refractivity contribution in [2.75, 3.05) is 0 Å². The van der Waals surface area contributed by atoms with Crippen LogP contribution in [0.4, 0.5) is 0 Å². The standard InChI is InChI=1S/C31H61N2/c1-4-7-10-12-14-16-18-20-22-25-28-33-30-29-32(27-24-9-6-3)31(33)26-23-21-19-17-15-13-11-8-5-2/h29-30H,4-28H2,1-3H3/q+1. The maximum Gasteiger partial charge on any atom is 0.256 e. The van der Waals surface area contributed by atoms with Gasteiger partial charge in [-0.2, -0.15) is 0 Å². The van der Waals surface area contributed by atoms with Crippen molar-refractivity contribution in [3.63, 3.8) is 0 Å². The van der Waals surface area contributed by atoms with E-state index in [9.17, 15) is 0 Å². The number of nitrogens with zero attached hydrogens (tertiary/aromatic N) is 2. The van der Waals surface area contributed by atoms with E-state index in [0.29, 0.717) is 0 Å². The molecule has 0 aliphatic carbocycles. The zero-order valence-corrected chi connectivity index (χ0v) is 23.2. The molecule has 0 aliphatic heterocycles. The second kappa shape index (κ2) is 23.0. The summed E-state index contributed by atoms with van der Waals surface area (Å²) < 4.78 is 5.18. The van der Waals surface area contributed by atoms with E-state index in [2.05, 4.69) is 42.3 Å². The van der Waals surface area contributed by atoms with Crippen molar-refractivity contribution in [1.82, 2.24) is 4.57 Å². The minimum atomic E-state index is 1.21. The zero-order valence-electron chi connectivity index (χ0n) is 23.2. The third kappa shape index (κ3) is 16.5. The van der Waals surface area contributed by atoms with Crippen LogP contribution >= 0.6 is 0 Å². The van der Waals surface area contributed by atoms with Gasteiger partial charge in [0.25, 0.3) is 5.82 Å². The maximum absolute atomic E-state index is 2.60. The van der Waals surface area contributed by atoms with Crippen LogP contribution in [-0.2, 0) is 19.5 Å². The van der Waals surface area contributed by atoms with E-state index in [0.717, 1.165) is 0 Å². The molecule has 0 N–H and O–H groups in total. The number of aryl methyl sites for hydroxylation is 2. The molecule has 194 valence electrons. The first-order valence-electron chi connectivity index (χ1n) is 15.4. The third-order valence-electron chi connectivity index (χ3n) is 7.35. The lowest BCUT2D eigenvalue weighted by atomic mass is 10.1. The summed E-state index contributed by atoms with van der Waals surface area (Å²) in [5.74, 6) is 1.60. The van der Waals surface area contributed by atoms with Gasteiger partial charge in [0.05, 0.1) is 13.1 Å². The first-order valence-corrected chi connectivity index (χ1v) is 15.4. The maximum atomic E-state index is 2.60. The Morgan fingerprint density at radius 1 is 0.515 bits per heavy atom. The van der Waals surface area contributed by atoms with E-state index >= 15 is 0 Å². The molecule has 1 aromatic heterocycles. The molecule has 0 unspecified atom stereocenters. The number of rotatable bonds is 25. The molecule has 0 aliphatic rings. The zero-order chi connectivity index (χ0) is 23.8. The van der Waals surface area contributed by atoms with Gasteiger partial charge in [-0.25, -0.2) is 9.13 Å². The van der Waals surface area contributed by atoms with Crippen LogP contribution in [0.25, 0.3) is 0 Å². The van der Waals surface area contributed by atoms with Crippen molar-refractivity contribution < 1.29 is 4.57 Å². The summed E-state index contributed by atoms with van der Waals surface area (Å²) in [7, 11) is 0. The average molecular weight is 462 g/mol. The fourth-order valence-electron chi connectivity index (χ4n) is 5.09. The molecule has 0 radical (unpaired) electrons. The molecule has 1 heterocycles. The van der Waals surface area contributed by atoms with Crippen LogP contribution < -0.4 is 4.57 Å². The van der Waals surface area contributed by atoms with E-state index in [1.807, 2.05) is 0 Å². The first kappa shape index (κ1) is 30.2. The van der Waals surface area contributed by atoms with Gasteiger partial charge in [-0.05, 0) is 32.1 Å². The molecular formula is C31H61N2+. The molecule has 0 fully saturated rings. The van der Waals surface area contributed by atoms with E-state index < -0.39 is 0 Å². The van der Waals surface area contributed by atoms with Gasteiger partial charge in [0.2, 0.25) is 0 Å². The van der Waals surface area contributed by atoms with Crippen LogP contribution in [0.1, 0.15) is 168 Å². The highest BCUT2D eigenvalue weighted by Gasteiger charge is 2.16. The van der Waals surface area contributed by atoms with Gasteiger partial charge in [-0.15, -0.1) is 0 Å².